The molecule has 22 heavy (non-hydrogen) atoms. The van der Waals surface area contributed by atoms with Gasteiger partial charge >= 0.3 is 0 Å². The quantitative estimate of drug-likeness (QED) is 0.827. The van der Waals surface area contributed by atoms with Crippen molar-refractivity contribution in [2.45, 2.75) is 11.6 Å². The lowest BCUT2D eigenvalue weighted by Gasteiger charge is -2.08. The standard InChI is InChI=1S/C16H16N2O3S/c1-3-10-21-15-7-4-13(5-8-15)11-17-14-6-9-16(18-12-14)22(2,19)20/h1,4-9,12,17H,10-11H2,2H3. The predicted octanol–water partition coefficient (Wildman–Crippen LogP) is 2.11. The van der Waals surface area contributed by atoms with Crippen molar-refractivity contribution >= 4 is 15.5 Å². The number of rotatable bonds is 6. The zero-order valence-electron chi connectivity index (χ0n) is 12.1. The summed E-state index contributed by atoms with van der Waals surface area (Å²) in [7, 11) is -3.27. The number of hydrogen-bond donors (Lipinski definition) is 1. The Labute approximate surface area is 130 Å². The van der Waals surface area contributed by atoms with E-state index in [9.17, 15) is 8.42 Å². The lowest BCUT2D eigenvalue weighted by atomic mass is 10.2. The monoisotopic (exact) mass is 316 g/mol. The second-order valence-electron chi connectivity index (χ2n) is 4.65. The molecule has 0 radical (unpaired) electrons. The number of ether oxygens (including phenoxy) is 1. The van der Waals surface area contributed by atoms with Gasteiger partial charge in [-0.05, 0) is 29.8 Å². The third kappa shape index (κ3) is 4.50. The molecular formula is C16H16N2O3S. The molecule has 1 aromatic carbocycles. The highest BCUT2D eigenvalue weighted by atomic mass is 32.2. The fourth-order valence-corrected chi connectivity index (χ4v) is 2.30. The molecule has 0 unspecified atom stereocenters. The van der Waals surface area contributed by atoms with Crippen LogP contribution in [0.15, 0.2) is 47.6 Å². The molecule has 2 aromatic rings. The molecule has 1 aromatic heterocycles. The van der Waals surface area contributed by atoms with Crippen molar-refractivity contribution in [1.82, 2.24) is 4.98 Å². The van der Waals surface area contributed by atoms with Crippen LogP contribution in [0.5, 0.6) is 5.75 Å². The van der Waals surface area contributed by atoms with Gasteiger partial charge in [0.2, 0.25) is 0 Å². The topological polar surface area (TPSA) is 68.3 Å². The highest BCUT2D eigenvalue weighted by Crippen LogP contribution is 2.14. The van der Waals surface area contributed by atoms with Crippen molar-refractivity contribution in [3.8, 4) is 18.1 Å². The summed E-state index contributed by atoms with van der Waals surface area (Å²) in [6.45, 7) is 0.839. The van der Waals surface area contributed by atoms with Crippen LogP contribution in [0.2, 0.25) is 0 Å². The molecule has 5 nitrogen and oxygen atoms in total. The lowest BCUT2D eigenvalue weighted by Crippen LogP contribution is -2.03. The molecule has 0 aliphatic carbocycles. The molecule has 0 aliphatic rings. The first-order chi connectivity index (χ1) is 10.5. The lowest BCUT2D eigenvalue weighted by molar-refractivity contribution is 0.370. The van der Waals surface area contributed by atoms with E-state index >= 15 is 0 Å². The van der Waals surface area contributed by atoms with Crippen molar-refractivity contribution in [3.63, 3.8) is 0 Å². The fourth-order valence-electron chi connectivity index (χ4n) is 1.74. The maximum Gasteiger partial charge on any atom is 0.192 e. The second kappa shape index (κ2) is 6.96. The Morgan fingerprint density at radius 3 is 2.50 bits per heavy atom. The highest BCUT2D eigenvalue weighted by molar-refractivity contribution is 7.90. The Balaban J connectivity index is 1.94. The van der Waals surface area contributed by atoms with E-state index in [2.05, 4.69) is 16.2 Å². The maximum atomic E-state index is 11.3. The Morgan fingerprint density at radius 1 is 1.23 bits per heavy atom. The van der Waals surface area contributed by atoms with Crippen LogP contribution in [0.3, 0.4) is 0 Å². The van der Waals surface area contributed by atoms with Gasteiger partial charge in [-0.2, -0.15) is 0 Å². The first-order valence-electron chi connectivity index (χ1n) is 6.54. The molecule has 0 atom stereocenters. The molecule has 2 rings (SSSR count). The highest BCUT2D eigenvalue weighted by Gasteiger charge is 2.07. The van der Waals surface area contributed by atoms with Crippen LogP contribution >= 0.6 is 0 Å². The number of benzene rings is 1. The van der Waals surface area contributed by atoms with E-state index in [0.29, 0.717) is 6.54 Å². The predicted molar refractivity (Wildman–Crippen MR) is 85.4 cm³/mol. The van der Waals surface area contributed by atoms with E-state index in [1.807, 2.05) is 24.3 Å². The van der Waals surface area contributed by atoms with E-state index in [4.69, 9.17) is 11.2 Å². The number of terminal acetylenes is 1. The summed E-state index contributed by atoms with van der Waals surface area (Å²) in [6.07, 6.45) is 7.76. The molecular weight excluding hydrogens is 300 g/mol. The molecule has 1 heterocycles. The number of nitrogens with one attached hydrogen (secondary N) is 1. The van der Waals surface area contributed by atoms with Gasteiger partial charge in [0.25, 0.3) is 0 Å². The largest absolute Gasteiger partial charge is 0.481 e. The van der Waals surface area contributed by atoms with Crippen LogP contribution in [0.1, 0.15) is 5.56 Å². The van der Waals surface area contributed by atoms with Gasteiger partial charge in [-0.25, -0.2) is 13.4 Å². The first-order valence-corrected chi connectivity index (χ1v) is 8.43. The summed E-state index contributed by atoms with van der Waals surface area (Å²) in [5.41, 5.74) is 1.81. The third-order valence-corrected chi connectivity index (χ3v) is 3.86. The van der Waals surface area contributed by atoms with E-state index < -0.39 is 9.84 Å². The molecule has 6 heteroatoms. The molecule has 0 bridgehead atoms. The molecule has 0 saturated carbocycles. The van der Waals surface area contributed by atoms with Gasteiger partial charge in [0, 0.05) is 12.8 Å². The number of pyridine rings is 1. The number of aromatic nitrogens is 1. The van der Waals surface area contributed by atoms with Crippen molar-refractivity contribution in [1.29, 1.82) is 0 Å². The van der Waals surface area contributed by atoms with Crippen molar-refractivity contribution in [3.05, 3.63) is 48.2 Å². The van der Waals surface area contributed by atoms with Crippen LogP contribution in [0.4, 0.5) is 5.69 Å². The normalized spacial score (nSPS) is 10.7. The van der Waals surface area contributed by atoms with Crippen LogP contribution in [0.25, 0.3) is 0 Å². The minimum atomic E-state index is -3.27. The van der Waals surface area contributed by atoms with E-state index in [1.165, 1.54) is 12.3 Å². The van der Waals surface area contributed by atoms with Crippen LogP contribution in [-0.4, -0.2) is 26.3 Å². The molecule has 0 aliphatic heterocycles. The number of sulfone groups is 1. The van der Waals surface area contributed by atoms with Gasteiger partial charge in [-0.15, -0.1) is 6.42 Å². The van der Waals surface area contributed by atoms with E-state index in [0.717, 1.165) is 23.3 Å². The SMILES string of the molecule is C#CCOc1ccc(CNc2ccc(S(C)(=O)=O)nc2)cc1. The molecule has 114 valence electrons. The van der Waals surface area contributed by atoms with Gasteiger partial charge in [0.1, 0.15) is 12.4 Å². The molecule has 0 amide bonds. The molecule has 0 saturated heterocycles. The van der Waals surface area contributed by atoms with Crippen LogP contribution in [-0.2, 0) is 16.4 Å². The fraction of sp³-hybridized carbons (Fsp3) is 0.188. The molecule has 0 fully saturated rings. The maximum absolute atomic E-state index is 11.3. The Bertz CT molecular complexity index is 761. The Kier molecular flexibility index (Phi) is 5.02. The summed E-state index contributed by atoms with van der Waals surface area (Å²) in [4.78, 5) is 3.92. The van der Waals surface area contributed by atoms with Gasteiger partial charge < -0.3 is 10.1 Å². The van der Waals surface area contributed by atoms with Crippen LogP contribution in [0, 0.1) is 12.3 Å². The average molecular weight is 316 g/mol. The smallest absolute Gasteiger partial charge is 0.192 e. The van der Waals surface area contributed by atoms with Gasteiger partial charge in [-0.3, -0.25) is 0 Å². The third-order valence-electron chi connectivity index (χ3n) is 2.86. The summed E-state index contributed by atoms with van der Waals surface area (Å²) in [5.74, 6) is 3.13. The number of anilines is 1. The molecule has 1 N–H and O–H groups in total. The van der Waals surface area contributed by atoms with Gasteiger partial charge in [0.05, 0.1) is 11.9 Å². The van der Waals surface area contributed by atoms with Gasteiger partial charge in [0.15, 0.2) is 14.9 Å². The summed E-state index contributed by atoms with van der Waals surface area (Å²) >= 11 is 0. The minimum absolute atomic E-state index is 0.0630. The van der Waals surface area contributed by atoms with Crippen molar-refractivity contribution in [2.24, 2.45) is 0 Å². The Hall–Kier alpha value is -2.52. The number of hydrogen-bond acceptors (Lipinski definition) is 5. The molecule has 0 spiro atoms. The second-order valence-corrected chi connectivity index (χ2v) is 6.61. The number of nitrogens with zero attached hydrogens (tertiary/aromatic N) is 1. The zero-order valence-corrected chi connectivity index (χ0v) is 12.9. The van der Waals surface area contributed by atoms with E-state index in [-0.39, 0.29) is 11.6 Å². The van der Waals surface area contributed by atoms with Crippen molar-refractivity contribution < 1.29 is 13.2 Å². The zero-order chi connectivity index (χ0) is 16.0. The minimum Gasteiger partial charge on any atom is -0.481 e. The summed E-state index contributed by atoms with van der Waals surface area (Å²) in [6, 6.07) is 10.7. The Morgan fingerprint density at radius 2 is 1.95 bits per heavy atom. The van der Waals surface area contributed by atoms with E-state index in [1.54, 1.807) is 6.07 Å². The summed E-state index contributed by atoms with van der Waals surface area (Å²) in [5, 5.41) is 3.23. The first kappa shape index (κ1) is 15.9. The van der Waals surface area contributed by atoms with Crippen LogP contribution < -0.4 is 10.1 Å². The summed E-state index contributed by atoms with van der Waals surface area (Å²) < 4.78 is 27.9. The van der Waals surface area contributed by atoms with Gasteiger partial charge in [-0.1, -0.05) is 18.1 Å². The average Bonchev–Trinajstić information content (AvgIpc) is 2.51. The van der Waals surface area contributed by atoms with Crippen molar-refractivity contribution in [2.75, 3.05) is 18.2 Å².